The highest BCUT2D eigenvalue weighted by Gasteiger charge is 2.19. The monoisotopic (exact) mass is 699 g/mol. The summed E-state index contributed by atoms with van der Waals surface area (Å²) in [6.07, 6.45) is 45.7. The Hall–Kier alpha value is -2.93. The van der Waals surface area contributed by atoms with Gasteiger partial charge in [0.15, 0.2) is 0 Å². The van der Waals surface area contributed by atoms with Gasteiger partial charge in [-0.05, 0) is 103 Å². The molecule has 286 valence electrons. The standard InChI is InChI=1S/C43H74N2O5/c1-3-5-7-9-11-13-14-15-16-17-18-19-20-21-23-25-31-37-42(47)50-39(33-28-24-22-12-10-8-6-4-2)34-29-26-27-30-36-41(46)45-40(43(48)49)35-32-38-44/h6,8,11-13,15-16,22,28,33,39-40H,3-5,7,9-10,14,17-21,23-27,29-32,34-38,44H2,1-2H3,(H,45,46)(H,48,49)/b8-6-,13-11-,16-15-,22-12-,33-28-. The zero-order valence-electron chi connectivity index (χ0n) is 32.0. The maximum Gasteiger partial charge on any atom is 0.326 e. The van der Waals surface area contributed by atoms with Gasteiger partial charge in [0.25, 0.3) is 0 Å². The number of nitrogens with two attached hydrogens (primary N) is 1. The molecule has 0 saturated carbocycles. The third-order valence-corrected chi connectivity index (χ3v) is 8.55. The topological polar surface area (TPSA) is 119 Å². The van der Waals surface area contributed by atoms with Gasteiger partial charge in [-0.1, -0.05) is 126 Å². The molecule has 0 rings (SSSR count). The van der Waals surface area contributed by atoms with Crippen LogP contribution >= 0.6 is 0 Å². The first kappa shape index (κ1) is 47.1. The first-order valence-corrected chi connectivity index (χ1v) is 20.1. The lowest BCUT2D eigenvalue weighted by Crippen LogP contribution is -2.40. The van der Waals surface area contributed by atoms with Crippen molar-refractivity contribution >= 4 is 17.8 Å². The minimum absolute atomic E-state index is 0.123. The fourth-order valence-electron chi connectivity index (χ4n) is 5.53. The number of hydrogen-bond acceptors (Lipinski definition) is 5. The number of rotatable bonds is 35. The smallest absolute Gasteiger partial charge is 0.326 e. The molecule has 0 aromatic carbocycles. The summed E-state index contributed by atoms with van der Waals surface area (Å²) in [5.41, 5.74) is 5.47. The quantitative estimate of drug-likeness (QED) is 0.0344. The molecule has 0 fully saturated rings. The summed E-state index contributed by atoms with van der Waals surface area (Å²) in [6, 6.07) is -0.879. The predicted octanol–water partition coefficient (Wildman–Crippen LogP) is 11.0. The summed E-state index contributed by atoms with van der Waals surface area (Å²) in [4.78, 5) is 36.2. The van der Waals surface area contributed by atoms with Crippen molar-refractivity contribution in [1.29, 1.82) is 0 Å². The number of carbonyl (C=O) groups excluding carboxylic acids is 2. The van der Waals surface area contributed by atoms with Crippen molar-refractivity contribution in [2.45, 2.75) is 187 Å². The molecule has 0 aliphatic heterocycles. The van der Waals surface area contributed by atoms with Crippen LogP contribution < -0.4 is 11.1 Å². The highest BCUT2D eigenvalue weighted by atomic mass is 16.5. The SMILES string of the molecule is CC/C=C\C/C=C\C/C=C\C(CCCCCCC(=O)NC(CCCN)C(=O)O)OC(=O)CCCCCCCCC/C=C\C/C=C\CCCCC. The summed E-state index contributed by atoms with van der Waals surface area (Å²) < 4.78 is 5.88. The average Bonchev–Trinajstić information content (AvgIpc) is 3.10. The normalized spacial score (nSPS) is 13.3. The molecule has 0 aromatic heterocycles. The number of esters is 1. The van der Waals surface area contributed by atoms with Gasteiger partial charge in [-0.25, -0.2) is 4.79 Å². The molecule has 0 heterocycles. The fourth-order valence-corrected chi connectivity index (χ4v) is 5.53. The lowest BCUT2D eigenvalue weighted by atomic mass is 10.1. The number of ether oxygens (including phenoxy) is 1. The molecule has 1 amide bonds. The van der Waals surface area contributed by atoms with E-state index in [-0.39, 0.29) is 18.0 Å². The Labute approximate surface area is 306 Å². The molecule has 0 bridgehead atoms. The summed E-state index contributed by atoms with van der Waals surface area (Å²) in [6.45, 7) is 4.77. The van der Waals surface area contributed by atoms with Crippen LogP contribution in [0.1, 0.15) is 174 Å². The van der Waals surface area contributed by atoms with Gasteiger partial charge < -0.3 is 20.9 Å². The van der Waals surface area contributed by atoms with Crippen molar-refractivity contribution < 1.29 is 24.2 Å². The molecule has 4 N–H and O–H groups in total. The number of carboxylic acid groups (broad SMARTS) is 1. The predicted molar refractivity (Wildman–Crippen MR) is 211 cm³/mol. The van der Waals surface area contributed by atoms with Gasteiger partial charge in [-0.15, -0.1) is 0 Å². The molecular formula is C43H74N2O5. The molecular weight excluding hydrogens is 624 g/mol. The lowest BCUT2D eigenvalue weighted by Gasteiger charge is -2.15. The van der Waals surface area contributed by atoms with Crippen LogP contribution in [0.25, 0.3) is 0 Å². The van der Waals surface area contributed by atoms with Gasteiger partial charge in [-0.2, -0.15) is 0 Å². The van der Waals surface area contributed by atoms with Gasteiger partial charge in [0.05, 0.1) is 0 Å². The third kappa shape index (κ3) is 33.6. The summed E-state index contributed by atoms with van der Waals surface area (Å²) >= 11 is 0. The van der Waals surface area contributed by atoms with Crippen LogP contribution in [0, 0.1) is 0 Å². The minimum Gasteiger partial charge on any atom is -0.480 e. The van der Waals surface area contributed by atoms with E-state index >= 15 is 0 Å². The number of amides is 1. The summed E-state index contributed by atoms with van der Waals surface area (Å²) in [5.74, 6) is -1.38. The first-order chi connectivity index (χ1) is 24.4. The molecule has 0 aliphatic carbocycles. The van der Waals surface area contributed by atoms with Gasteiger partial charge >= 0.3 is 11.9 Å². The number of carboxylic acids is 1. The maximum absolute atomic E-state index is 12.7. The second-order valence-electron chi connectivity index (χ2n) is 13.3. The van der Waals surface area contributed by atoms with E-state index in [0.717, 1.165) is 70.6 Å². The van der Waals surface area contributed by atoms with Crippen LogP contribution in [0.2, 0.25) is 0 Å². The van der Waals surface area contributed by atoms with E-state index in [1.54, 1.807) is 0 Å². The van der Waals surface area contributed by atoms with E-state index in [9.17, 15) is 19.5 Å². The van der Waals surface area contributed by atoms with Crippen molar-refractivity contribution in [2.75, 3.05) is 6.54 Å². The second-order valence-corrected chi connectivity index (χ2v) is 13.3. The molecule has 2 unspecified atom stereocenters. The Balaban J connectivity index is 4.33. The molecule has 0 aliphatic rings. The van der Waals surface area contributed by atoms with E-state index in [1.807, 2.05) is 6.08 Å². The van der Waals surface area contributed by atoms with Gasteiger partial charge in [0, 0.05) is 12.8 Å². The largest absolute Gasteiger partial charge is 0.480 e. The molecule has 0 saturated heterocycles. The second kappa shape index (κ2) is 37.3. The highest BCUT2D eigenvalue weighted by Crippen LogP contribution is 2.15. The highest BCUT2D eigenvalue weighted by molar-refractivity contribution is 5.83. The number of unbranched alkanes of at least 4 members (excludes halogenated alkanes) is 13. The zero-order chi connectivity index (χ0) is 36.8. The third-order valence-electron chi connectivity index (χ3n) is 8.55. The number of hydrogen-bond donors (Lipinski definition) is 3. The average molecular weight is 699 g/mol. The Morgan fingerprint density at radius 2 is 1.16 bits per heavy atom. The van der Waals surface area contributed by atoms with Crippen molar-refractivity contribution in [3.8, 4) is 0 Å². The molecule has 2 atom stereocenters. The van der Waals surface area contributed by atoms with Gasteiger partial charge in [0.1, 0.15) is 12.1 Å². The molecule has 0 aromatic rings. The molecule has 0 spiro atoms. The number of aliphatic carboxylic acids is 1. The van der Waals surface area contributed by atoms with E-state index in [2.05, 4.69) is 73.8 Å². The van der Waals surface area contributed by atoms with E-state index < -0.39 is 12.0 Å². The molecule has 50 heavy (non-hydrogen) atoms. The maximum atomic E-state index is 12.7. The van der Waals surface area contributed by atoms with Crippen molar-refractivity contribution in [3.05, 3.63) is 60.8 Å². The van der Waals surface area contributed by atoms with Crippen molar-refractivity contribution in [2.24, 2.45) is 5.73 Å². The number of carbonyl (C=O) groups is 3. The molecule has 0 radical (unpaired) electrons. The number of nitrogens with one attached hydrogen (secondary N) is 1. The van der Waals surface area contributed by atoms with Crippen LogP contribution in [0.5, 0.6) is 0 Å². The first-order valence-electron chi connectivity index (χ1n) is 20.1. The van der Waals surface area contributed by atoms with Gasteiger partial charge in [-0.3, -0.25) is 9.59 Å². The lowest BCUT2D eigenvalue weighted by molar-refractivity contribution is -0.147. The Morgan fingerprint density at radius 1 is 0.620 bits per heavy atom. The zero-order valence-corrected chi connectivity index (χ0v) is 32.0. The molecule has 7 nitrogen and oxygen atoms in total. The van der Waals surface area contributed by atoms with E-state index in [0.29, 0.717) is 38.6 Å². The van der Waals surface area contributed by atoms with Crippen LogP contribution in [0.4, 0.5) is 0 Å². The fraction of sp³-hybridized carbons (Fsp3) is 0.698. The van der Waals surface area contributed by atoms with Crippen LogP contribution in [0.3, 0.4) is 0 Å². The Kier molecular flexibility index (Phi) is 35.1. The van der Waals surface area contributed by atoms with Crippen molar-refractivity contribution in [1.82, 2.24) is 5.32 Å². The van der Waals surface area contributed by atoms with E-state index in [4.69, 9.17) is 10.5 Å². The van der Waals surface area contributed by atoms with E-state index in [1.165, 1.54) is 57.8 Å². The Bertz CT molecular complexity index is 968. The van der Waals surface area contributed by atoms with Gasteiger partial charge in [0.2, 0.25) is 5.91 Å². The van der Waals surface area contributed by atoms with Crippen LogP contribution in [-0.2, 0) is 19.1 Å². The molecule has 7 heteroatoms. The summed E-state index contributed by atoms with van der Waals surface area (Å²) in [5, 5.41) is 11.9. The summed E-state index contributed by atoms with van der Waals surface area (Å²) in [7, 11) is 0. The minimum atomic E-state index is -1.02. The Morgan fingerprint density at radius 3 is 1.78 bits per heavy atom. The number of allylic oxidation sites excluding steroid dienone is 9. The van der Waals surface area contributed by atoms with Crippen LogP contribution in [-0.4, -0.2) is 41.6 Å². The van der Waals surface area contributed by atoms with Crippen LogP contribution in [0.15, 0.2) is 60.8 Å². The van der Waals surface area contributed by atoms with Crippen molar-refractivity contribution in [3.63, 3.8) is 0 Å².